The zero-order chi connectivity index (χ0) is 42.2. The van der Waals surface area contributed by atoms with Crippen molar-refractivity contribution in [3.8, 4) is 0 Å². The van der Waals surface area contributed by atoms with Gasteiger partial charge in [0.1, 0.15) is 6.61 Å². The van der Waals surface area contributed by atoms with Gasteiger partial charge < -0.3 is 24.8 Å². The molecule has 0 radical (unpaired) electrons. The molecular formula is C47H76NO9P. The number of phosphoric acid groups is 1. The van der Waals surface area contributed by atoms with Crippen molar-refractivity contribution in [3.05, 3.63) is 97.2 Å². The van der Waals surface area contributed by atoms with E-state index in [1.165, 1.54) is 51.4 Å². The predicted molar refractivity (Wildman–Crippen MR) is 237 cm³/mol. The number of rotatable bonds is 38. The molecular weight excluding hydrogens is 753 g/mol. The highest BCUT2D eigenvalue weighted by atomic mass is 31.2. The molecule has 4 atom stereocenters. The Morgan fingerprint density at radius 1 is 0.621 bits per heavy atom. The van der Waals surface area contributed by atoms with Crippen LogP contribution in [0.3, 0.4) is 0 Å². The smallest absolute Gasteiger partial charge is 0.462 e. The van der Waals surface area contributed by atoms with Gasteiger partial charge in [0, 0.05) is 19.4 Å². The average molecular weight is 830 g/mol. The van der Waals surface area contributed by atoms with E-state index < -0.39 is 32.5 Å². The summed E-state index contributed by atoms with van der Waals surface area (Å²) in [5, 5.41) is 0. The fourth-order valence-corrected chi connectivity index (χ4v) is 6.29. The van der Waals surface area contributed by atoms with Gasteiger partial charge in [-0.25, -0.2) is 4.57 Å². The summed E-state index contributed by atoms with van der Waals surface area (Å²) in [6.45, 7) is 3.49. The normalized spacial score (nSPS) is 17.7. The number of nitrogens with two attached hydrogens (primary N) is 1. The molecule has 1 rings (SSSR count). The lowest BCUT2D eigenvalue weighted by Gasteiger charge is -2.19. The highest BCUT2D eigenvalue weighted by molar-refractivity contribution is 7.47. The summed E-state index contributed by atoms with van der Waals surface area (Å²) in [7, 11) is -4.42. The van der Waals surface area contributed by atoms with Crippen molar-refractivity contribution >= 4 is 19.8 Å². The van der Waals surface area contributed by atoms with Crippen molar-refractivity contribution in [2.75, 3.05) is 26.4 Å². The summed E-state index contributed by atoms with van der Waals surface area (Å²) in [5.41, 5.74) is 5.34. The molecule has 0 aromatic rings. The zero-order valence-corrected chi connectivity index (χ0v) is 36.6. The molecule has 1 aliphatic rings. The number of allylic oxidation sites excluding steroid dienone is 15. The first-order chi connectivity index (χ1) is 28.3. The second-order valence-electron chi connectivity index (χ2n) is 14.2. The topological polar surface area (TPSA) is 147 Å². The van der Waals surface area contributed by atoms with E-state index in [1.807, 2.05) is 18.2 Å². The summed E-state index contributed by atoms with van der Waals surface area (Å²) in [4.78, 5) is 34.8. The molecule has 0 spiro atoms. The van der Waals surface area contributed by atoms with Gasteiger partial charge in [-0.05, 0) is 83.5 Å². The van der Waals surface area contributed by atoms with Crippen LogP contribution < -0.4 is 5.73 Å². The minimum Gasteiger partial charge on any atom is -0.462 e. The Bertz CT molecular complexity index is 1330. The highest BCUT2D eigenvalue weighted by Crippen LogP contribution is 2.43. The average Bonchev–Trinajstić information content (AvgIpc) is 3.97. The number of epoxide rings is 1. The third-order valence-corrected chi connectivity index (χ3v) is 9.86. The molecule has 0 aromatic heterocycles. The summed E-state index contributed by atoms with van der Waals surface area (Å²) in [6, 6.07) is 0. The molecule has 1 saturated heterocycles. The maximum Gasteiger partial charge on any atom is 0.472 e. The molecule has 58 heavy (non-hydrogen) atoms. The lowest BCUT2D eigenvalue weighted by atomic mass is 10.1. The van der Waals surface area contributed by atoms with Gasteiger partial charge in [0.2, 0.25) is 0 Å². The van der Waals surface area contributed by atoms with E-state index in [0.717, 1.165) is 44.9 Å². The minimum absolute atomic E-state index is 0.0280. The van der Waals surface area contributed by atoms with Crippen LogP contribution in [-0.4, -0.2) is 61.5 Å². The van der Waals surface area contributed by atoms with Crippen LogP contribution in [-0.2, 0) is 37.4 Å². The van der Waals surface area contributed by atoms with E-state index >= 15 is 0 Å². The standard InChI is InChI=1S/C47H76NO9P/c1-3-5-7-8-9-10-11-12-13-14-15-16-17-18-19-23-26-29-33-37-46(49)53-41-43(42-55-58(51,52)54-40-39-48)56-47(50)38-34-30-27-24-21-20-22-25-28-32-36-45-44(57-45)35-31-6-4-2/h9-10,12-13,15-16,18-20,22,24,26-29,32,43-45H,3-8,11,14,17,21,23,25,30-31,33-42,48H2,1-2H3,(H,51,52)/b10-9-,13-12-,16-15-,19-18-,22-20-,27-24-,29-26-,32-28-/t43-,44?,45?/m1/s1. The van der Waals surface area contributed by atoms with E-state index in [2.05, 4.69) is 92.8 Å². The Morgan fingerprint density at radius 3 is 1.71 bits per heavy atom. The van der Waals surface area contributed by atoms with Crippen LogP contribution in [0.4, 0.5) is 0 Å². The molecule has 0 aromatic carbocycles. The number of unbranched alkanes of at least 4 members (excludes halogenated alkanes) is 6. The maximum atomic E-state index is 12.6. The van der Waals surface area contributed by atoms with Crippen LogP contribution in [0.1, 0.15) is 142 Å². The van der Waals surface area contributed by atoms with Gasteiger partial charge in [0.05, 0.1) is 25.4 Å². The number of carbonyl (C=O) groups excluding carboxylic acids is 2. The molecule has 0 bridgehead atoms. The summed E-state index contributed by atoms with van der Waals surface area (Å²) in [5.74, 6) is -1.01. The number of hydrogen-bond donors (Lipinski definition) is 2. The Kier molecular flexibility index (Phi) is 34.8. The maximum absolute atomic E-state index is 12.6. The van der Waals surface area contributed by atoms with Crippen molar-refractivity contribution in [2.45, 2.75) is 161 Å². The van der Waals surface area contributed by atoms with Crippen molar-refractivity contribution in [2.24, 2.45) is 5.73 Å². The first-order valence-corrected chi connectivity index (χ1v) is 23.3. The predicted octanol–water partition coefficient (Wildman–Crippen LogP) is 11.6. The highest BCUT2D eigenvalue weighted by Gasteiger charge is 2.36. The van der Waals surface area contributed by atoms with E-state index in [1.54, 1.807) is 0 Å². The molecule has 11 heteroatoms. The molecule has 3 N–H and O–H groups in total. The van der Waals surface area contributed by atoms with Gasteiger partial charge in [0.15, 0.2) is 6.10 Å². The second-order valence-corrected chi connectivity index (χ2v) is 15.7. The number of esters is 2. The molecule has 3 unspecified atom stereocenters. The largest absolute Gasteiger partial charge is 0.472 e. The van der Waals surface area contributed by atoms with Gasteiger partial charge >= 0.3 is 19.8 Å². The summed E-state index contributed by atoms with van der Waals surface area (Å²) < 4.78 is 38.4. The third-order valence-electron chi connectivity index (χ3n) is 8.88. The van der Waals surface area contributed by atoms with Crippen molar-refractivity contribution < 1.29 is 42.3 Å². The van der Waals surface area contributed by atoms with Gasteiger partial charge in [-0.3, -0.25) is 18.6 Å². The first-order valence-electron chi connectivity index (χ1n) is 21.8. The van der Waals surface area contributed by atoms with Crippen LogP contribution in [0.25, 0.3) is 0 Å². The Balaban J connectivity index is 2.28. The Hall–Kier alpha value is -3.11. The van der Waals surface area contributed by atoms with E-state index in [9.17, 15) is 19.0 Å². The molecule has 0 saturated carbocycles. The van der Waals surface area contributed by atoms with Crippen LogP contribution >= 0.6 is 7.82 Å². The van der Waals surface area contributed by atoms with Crippen LogP contribution in [0.2, 0.25) is 0 Å². The SMILES string of the molecule is CCCCC/C=C\C/C=C\C/C=C\C/C=C\C/C=C\CCC(=O)OC[C@H](COP(=O)(O)OCCN)OC(=O)CCC/C=C\C/C=C\C/C=C\CC1OC1CCCCC. The third kappa shape index (κ3) is 34.9. The number of ether oxygens (including phenoxy) is 3. The van der Waals surface area contributed by atoms with E-state index in [4.69, 9.17) is 29.0 Å². The van der Waals surface area contributed by atoms with Crippen molar-refractivity contribution in [1.29, 1.82) is 0 Å². The molecule has 10 nitrogen and oxygen atoms in total. The second kappa shape index (κ2) is 38.1. The Morgan fingerprint density at radius 2 is 1.14 bits per heavy atom. The van der Waals surface area contributed by atoms with Crippen molar-refractivity contribution in [3.63, 3.8) is 0 Å². The van der Waals surface area contributed by atoms with Crippen LogP contribution in [0.15, 0.2) is 97.2 Å². The number of hydrogen-bond acceptors (Lipinski definition) is 9. The van der Waals surface area contributed by atoms with Crippen LogP contribution in [0.5, 0.6) is 0 Å². The zero-order valence-electron chi connectivity index (χ0n) is 35.7. The lowest BCUT2D eigenvalue weighted by Crippen LogP contribution is -2.29. The summed E-state index contributed by atoms with van der Waals surface area (Å²) in [6.07, 6.45) is 52.1. The molecule has 1 aliphatic heterocycles. The quantitative estimate of drug-likeness (QED) is 0.0203. The first kappa shape index (κ1) is 52.9. The van der Waals surface area contributed by atoms with Crippen LogP contribution in [0, 0.1) is 0 Å². The molecule has 1 heterocycles. The lowest BCUT2D eigenvalue weighted by molar-refractivity contribution is -0.161. The van der Waals surface area contributed by atoms with Crippen molar-refractivity contribution in [1.82, 2.24) is 0 Å². The van der Waals surface area contributed by atoms with E-state index in [0.29, 0.717) is 31.5 Å². The molecule has 0 amide bonds. The monoisotopic (exact) mass is 830 g/mol. The number of carbonyl (C=O) groups is 2. The minimum atomic E-state index is -4.42. The molecule has 1 fully saturated rings. The van der Waals surface area contributed by atoms with E-state index in [-0.39, 0.29) is 32.6 Å². The Labute approximate surface area is 351 Å². The molecule has 0 aliphatic carbocycles. The van der Waals surface area contributed by atoms with Gasteiger partial charge in [-0.1, -0.05) is 143 Å². The fourth-order valence-electron chi connectivity index (χ4n) is 5.53. The van der Waals surface area contributed by atoms with Gasteiger partial charge in [-0.2, -0.15) is 0 Å². The molecule has 328 valence electrons. The van der Waals surface area contributed by atoms with Gasteiger partial charge in [-0.15, -0.1) is 0 Å². The summed E-state index contributed by atoms with van der Waals surface area (Å²) >= 11 is 0. The fraction of sp³-hybridized carbons (Fsp3) is 0.617. The number of phosphoric ester groups is 1. The van der Waals surface area contributed by atoms with Gasteiger partial charge in [0.25, 0.3) is 0 Å².